The minimum atomic E-state index is -1.03. The van der Waals surface area contributed by atoms with Crippen LogP contribution in [0.5, 0.6) is 0 Å². The summed E-state index contributed by atoms with van der Waals surface area (Å²) in [5.74, 6) is -1.08. The van der Waals surface area contributed by atoms with Gasteiger partial charge >= 0.3 is 12.1 Å². The summed E-state index contributed by atoms with van der Waals surface area (Å²) in [5, 5.41) is 2.81. The van der Waals surface area contributed by atoms with Crippen LogP contribution in [0.25, 0.3) is 11.4 Å². The van der Waals surface area contributed by atoms with Gasteiger partial charge in [-0.2, -0.15) is 0 Å². The number of carbonyl (C=O) groups is 4. The normalized spacial score (nSPS) is 14.9. The van der Waals surface area contributed by atoms with Crippen LogP contribution < -0.4 is 5.32 Å². The van der Waals surface area contributed by atoms with E-state index in [1.54, 1.807) is 38.7 Å². The van der Waals surface area contributed by atoms with E-state index in [4.69, 9.17) is 14.2 Å². The molecule has 1 saturated heterocycles. The molecule has 1 aromatic carbocycles. The number of aromatic nitrogens is 2. The van der Waals surface area contributed by atoms with Gasteiger partial charge < -0.3 is 29.3 Å². The number of nitrogens with one attached hydrogen (secondary N) is 1. The third-order valence-corrected chi connectivity index (χ3v) is 6.62. The average Bonchev–Trinajstić information content (AvgIpc) is 2.98. The second-order valence-electron chi connectivity index (χ2n) is 11.1. The van der Waals surface area contributed by atoms with Gasteiger partial charge in [-0.25, -0.2) is 14.8 Å². The molecular weight excluding hydrogens is 554 g/mol. The summed E-state index contributed by atoms with van der Waals surface area (Å²) < 4.78 is 16.2. The summed E-state index contributed by atoms with van der Waals surface area (Å²) >= 11 is 0. The molecule has 1 aliphatic heterocycles. The molecule has 0 aliphatic carbocycles. The van der Waals surface area contributed by atoms with Gasteiger partial charge in [-0.3, -0.25) is 14.4 Å². The Morgan fingerprint density at radius 3 is 2.21 bits per heavy atom. The Morgan fingerprint density at radius 1 is 0.953 bits per heavy atom. The van der Waals surface area contributed by atoms with E-state index in [0.29, 0.717) is 31.2 Å². The monoisotopic (exact) mass is 597 g/mol. The number of ether oxygens (including phenoxy) is 3. The molecule has 12 nitrogen and oxygen atoms in total. The molecule has 12 heteroatoms. The standard InChI is InChI=1S/C31H43N5O7/c1-7-41-21(3)24-20-25(33-27(32-24)22-12-10-9-11-13-22)28(38)34-23(14-15-26(37)43-31(4,5)6)29(39)35-16-18-36(19-17-35)30(40)42-8-2/h9-13,20-21,23H,7-8,14-19H2,1-6H3,(H,34,38)/t21?,23-/m0/s1. The maximum Gasteiger partial charge on any atom is 0.409 e. The number of hydrogen-bond donors (Lipinski definition) is 1. The molecule has 3 amide bonds. The van der Waals surface area contributed by atoms with Crippen LogP contribution >= 0.6 is 0 Å². The Labute approximate surface area is 253 Å². The first-order valence-electron chi connectivity index (χ1n) is 14.7. The summed E-state index contributed by atoms with van der Waals surface area (Å²) in [6.45, 7) is 12.6. The Kier molecular flexibility index (Phi) is 12.0. The van der Waals surface area contributed by atoms with Crippen molar-refractivity contribution in [2.45, 2.75) is 72.1 Å². The van der Waals surface area contributed by atoms with Crippen LogP contribution in [0.4, 0.5) is 4.79 Å². The van der Waals surface area contributed by atoms with Crippen molar-refractivity contribution in [2.24, 2.45) is 0 Å². The van der Waals surface area contributed by atoms with Crippen molar-refractivity contribution < 1.29 is 33.4 Å². The molecule has 1 fully saturated rings. The van der Waals surface area contributed by atoms with Crippen LogP contribution in [0.15, 0.2) is 36.4 Å². The summed E-state index contributed by atoms with van der Waals surface area (Å²) in [6, 6.07) is 9.78. The maximum atomic E-state index is 13.7. The molecule has 1 N–H and O–H groups in total. The minimum Gasteiger partial charge on any atom is -0.460 e. The van der Waals surface area contributed by atoms with E-state index in [-0.39, 0.29) is 44.1 Å². The molecule has 1 aliphatic rings. The second kappa shape index (κ2) is 15.4. The molecule has 2 atom stereocenters. The molecule has 2 heterocycles. The van der Waals surface area contributed by atoms with Crippen molar-refractivity contribution in [3.8, 4) is 11.4 Å². The molecule has 234 valence electrons. The highest BCUT2D eigenvalue weighted by molar-refractivity contribution is 5.96. The van der Waals surface area contributed by atoms with Crippen LogP contribution in [0, 0.1) is 0 Å². The molecule has 43 heavy (non-hydrogen) atoms. The number of rotatable bonds is 11. The van der Waals surface area contributed by atoms with Crippen LogP contribution in [0.3, 0.4) is 0 Å². The summed E-state index contributed by atoms with van der Waals surface area (Å²) in [4.78, 5) is 64.2. The SMILES string of the molecule is CCOC(=O)N1CCN(C(=O)[C@H](CCC(=O)OC(C)(C)C)NC(=O)c2cc(C(C)OCC)nc(-c3ccccc3)n2)CC1. The zero-order valence-corrected chi connectivity index (χ0v) is 25.9. The summed E-state index contributed by atoms with van der Waals surface area (Å²) in [5.41, 5.74) is 0.621. The first-order chi connectivity index (χ1) is 20.4. The van der Waals surface area contributed by atoms with Gasteiger partial charge in [0.1, 0.15) is 17.3 Å². The Bertz CT molecular complexity index is 1260. The third kappa shape index (κ3) is 10.0. The maximum absolute atomic E-state index is 13.7. The fourth-order valence-electron chi connectivity index (χ4n) is 4.53. The zero-order valence-electron chi connectivity index (χ0n) is 25.9. The quantitative estimate of drug-likeness (QED) is 0.383. The van der Waals surface area contributed by atoms with Gasteiger partial charge in [0.05, 0.1) is 18.4 Å². The predicted octanol–water partition coefficient (Wildman–Crippen LogP) is 3.76. The molecular formula is C31H43N5O7. The average molecular weight is 598 g/mol. The number of piperazine rings is 1. The van der Waals surface area contributed by atoms with Crippen molar-refractivity contribution in [1.82, 2.24) is 25.1 Å². The first kappa shape index (κ1) is 33.4. The lowest BCUT2D eigenvalue weighted by molar-refractivity contribution is -0.155. The van der Waals surface area contributed by atoms with E-state index >= 15 is 0 Å². The molecule has 0 bridgehead atoms. The highest BCUT2D eigenvalue weighted by atomic mass is 16.6. The highest BCUT2D eigenvalue weighted by Crippen LogP contribution is 2.21. The first-order valence-corrected chi connectivity index (χ1v) is 14.7. The van der Waals surface area contributed by atoms with E-state index in [1.165, 1.54) is 4.90 Å². The summed E-state index contributed by atoms with van der Waals surface area (Å²) in [6.07, 6.45) is -0.888. The number of hydrogen-bond acceptors (Lipinski definition) is 9. The predicted molar refractivity (Wildman–Crippen MR) is 159 cm³/mol. The largest absolute Gasteiger partial charge is 0.460 e. The molecule has 1 unspecified atom stereocenters. The number of esters is 1. The molecule has 0 saturated carbocycles. The molecule has 0 spiro atoms. The lowest BCUT2D eigenvalue weighted by Crippen LogP contribution is -2.56. The van der Waals surface area contributed by atoms with Crippen LogP contribution in [-0.2, 0) is 23.8 Å². The van der Waals surface area contributed by atoms with Crippen molar-refractivity contribution in [3.05, 3.63) is 47.8 Å². The fraction of sp³-hybridized carbons (Fsp3) is 0.548. The topological polar surface area (TPSA) is 140 Å². The van der Waals surface area contributed by atoms with Gasteiger partial charge in [0, 0.05) is 44.8 Å². The van der Waals surface area contributed by atoms with Crippen LogP contribution in [0.2, 0.25) is 0 Å². The Morgan fingerprint density at radius 2 is 1.60 bits per heavy atom. The summed E-state index contributed by atoms with van der Waals surface area (Å²) in [7, 11) is 0. The lowest BCUT2D eigenvalue weighted by Gasteiger charge is -2.36. The Hall–Kier alpha value is -4.06. The number of carbonyl (C=O) groups excluding carboxylic acids is 4. The minimum absolute atomic E-state index is 0.0242. The van der Waals surface area contributed by atoms with Gasteiger partial charge in [-0.15, -0.1) is 0 Å². The van der Waals surface area contributed by atoms with Gasteiger partial charge in [0.2, 0.25) is 5.91 Å². The number of amides is 3. The third-order valence-electron chi connectivity index (χ3n) is 6.62. The van der Waals surface area contributed by atoms with Crippen molar-refractivity contribution in [3.63, 3.8) is 0 Å². The van der Waals surface area contributed by atoms with Gasteiger partial charge in [-0.05, 0) is 54.0 Å². The van der Waals surface area contributed by atoms with Crippen LogP contribution in [-0.4, -0.2) is 94.7 Å². The van der Waals surface area contributed by atoms with E-state index in [2.05, 4.69) is 15.3 Å². The molecule has 0 radical (unpaired) electrons. The number of benzene rings is 1. The van der Waals surface area contributed by atoms with Gasteiger partial charge in [0.15, 0.2) is 5.82 Å². The second-order valence-corrected chi connectivity index (χ2v) is 11.1. The lowest BCUT2D eigenvalue weighted by atomic mass is 10.1. The van der Waals surface area contributed by atoms with Crippen molar-refractivity contribution in [1.29, 1.82) is 0 Å². The Balaban J connectivity index is 1.85. The molecule has 2 aromatic rings. The number of nitrogens with zero attached hydrogens (tertiary/aromatic N) is 4. The van der Waals surface area contributed by atoms with Gasteiger partial charge in [-0.1, -0.05) is 30.3 Å². The van der Waals surface area contributed by atoms with E-state index in [1.807, 2.05) is 44.2 Å². The van der Waals surface area contributed by atoms with E-state index in [0.717, 1.165) is 5.56 Å². The highest BCUT2D eigenvalue weighted by Gasteiger charge is 2.32. The van der Waals surface area contributed by atoms with Crippen molar-refractivity contribution in [2.75, 3.05) is 39.4 Å². The zero-order chi connectivity index (χ0) is 31.6. The van der Waals surface area contributed by atoms with Crippen molar-refractivity contribution >= 4 is 23.9 Å². The smallest absolute Gasteiger partial charge is 0.409 e. The fourth-order valence-corrected chi connectivity index (χ4v) is 4.53. The molecule has 3 rings (SSSR count). The van der Waals surface area contributed by atoms with Gasteiger partial charge in [0.25, 0.3) is 5.91 Å². The molecule has 1 aromatic heterocycles. The van der Waals surface area contributed by atoms with E-state index < -0.39 is 35.7 Å². The van der Waals surface area contributed by atoms with E-state index in [9.17, 15) is 19.2 Å². The van der Waals surface area contributed by atoms with Crippen LogP contribution in [0.1, 0.15) is 76.7 Å².